The first-order chi connectivity index (χ1) is 18.6. The minimum atomic E-state index is -3.42. The third kappa shape index (κ3) is 5.54. The fourth-order valence-electron chi connectivity index (χ4n) is 5.21. The highest BCUT2D eigenvalue weighted by Gasteiger charge is 2.46. The molecule has 7 nitrogen and oxygen atoms in total. The predicted octanol–water partition coefficient (Wildman–Crippen LogP) is 5.25. The number of nitrogens with one attached hydrogen (secondary N) is 1. The lowest BCUT2D eigenvalue weighted by atomic mass is 9.74. The molecule has 2 atom stereocenters. The molecule has 1 N–H and O–H groups in total. The van der Waals surface area contributed by atoms with E-state index in [1.165, 1.54) is 12.1 Å². The summed E-state index contributed by atoms with van der Waals surface area (Å²) < 4.78 is 54.7. The summed E-state index contributed by atoms with van der Waals surface area (Å²) >= 11 is 0. The summed E-state index contributed by atoms with van der Waals surface area (Å²) in [6, 6.07) is 21.8. The van der Waals surface area contributed by atoms with Gasteiger partial charge in [-0.2, -0.15) is 10.4 Å². The lowest BCUT2D eigenvalue weighted by Gasteiger charge is -2.34. The average Bonchev–Trinajstić information content (AvgIpc) is 3.36. The van der Waals surface area contributed by atoms with Gasteiger partial charge >= 0.3 is 0 Å². The van der Waals surface area contributed by atoms with E-state index < -0.39 is 46.3 Å². The van der Waals surface area contributed by atoms with Crippen molar-refractivity contribution in [2.24, 2.45) is 5.92 Å². The van der Waals surface area contributed by atoms with E-state index in [0.717, 1.165) is 22.7 Å². The second-order valence-electron chi connectivity index (χ2n) is 9.89. The van der Waals surface area contributed by atoms with Crippen LogP contribution < -0.4 is 5.32 Å². The first-order valence-corrected chi connectivity index (χ1v) is 14.4. The lowest BCUT2D eigenvalue weighted by molar-refractivity contribution is -0.133. The number of hydrogen-bond donors (Lipinski definition) is 1. The summed E-state index contributed by atoms with van der Waals surface area (Å²) in [7, 11) is -3.42. The zero-order chi connectivity index (χ0) is 27.8. The maximum atomic E-state index is 14.5. The van der Waals surface area contributed by atoms with E-state index in [1.807, 2.05) is 48.5 Å². The van der Waals surface area contributed by atoms with Crippen molar-refractivity contribution in [3.63, 3.8) is 0 Å². The number of nitrogens with zero attached hydrogens (tertiary/aromatic N) is 3. The Morgan fingerprint density at radius 2 is 1.85 bits per heavy atom. The van der Waals surface area contributed by atoms with Crippen LogP contribution in [0.5, 0.6) is 0 Å². The van der Waals surface area contributed by atoms with E-state index >= 15 is 0 Å². The van der Waals surface area contributed by atoms with Crippen molar-refractivity contribution in [2.75, 3.05) is 12.8 Å². The molecule has 10 heteroatoms. The topological polar surface area (TPSA) is 105 Å². The monoisotopic (exact) mass is 548 g/mol. The summed E-state index contributed by atoms with van der Waals surface area (Å²) in [6.07, 6.45) is 1.89. The molecule has 0 bridgehead atoms. The second kappa shape index (κ2) is 10.2. The molecule has 3 aromatic carbocycles. The number of hydrogen-bond acceptors (Lipinski definition) is 5. The molecule has 0 spiro atoms. The van der Waals surface area contributed by atoms with Gasteiger partial charge in [0, 0.05) is 36.8 Å². The summed E-state index contributed by atoms with van der Waals surface area (Å²) in [5.74, 6) is -5.34. The number of benzene rings is 3. The fourth-order valence-corrected chi connectivity index (χ4v) is 5.84. The molecule has 39 heavy (non-hydrogen) atoms. The summed E-state index contributed by atoms with van der Waals surface area (Å²) in [5.41, 5.74) is 2.50. The first-order valence-electron chi connectivity index (χ1n) is 12.5. The van der Waals surface area contributed by atoms with E-state index in [4.69, 9.17) is 10.4 Å². The average molecular weight is 549 g/mol. The van der Waals surface area contributed by atoms with E-state index in [1.54, 1.807) is 23.0 Å². The fraction of sp³-hybridized carbons (Fsp3) is 0.276. The molecule has 1 amide bonds. The maximum absolute atomic E-state index is 14.5. The number of alkyl halides is 2. The van der Waals surface area contributed by atoms with Gasteiger partial charge in [-0.3, -0.25) is 4.79 Å². The van der Waals surface area contributed by atoms with Crippen LogP contribution in [0.2, 0.25) is 0 Å². The Bertz CT molecular complexity index is 1690. The molecular formula is C29H26F2N4O3S. The van der Waals surface area contributed by atoms with Gasteiger partial charge in [0.15, 0.2) is 9.84 Å². The summed E-state index contributed by atoms with van der Waals surface area (Å²) in [6.45, 7) is -0.279. The Kier molecular flexibility index (Phi) is 6.95. The number of halogens is 2. The number of amides is 1. The van der Waals surface area contributed by atoms with Crippen molar-refractivity contribution in [3.05, 3.63) is 78.6 Å². The Morgan fingerprint density at radius 3 is 2.54 bits per heavy atom. The highest BCUT2D eigenvalue weighted by atomic mass is 32.2. The standard InChI is InChI=1S/C29H26F2N4O3S/c1-39(37,38)23-10-7-20(8-11-23)26-18-35(22-9-6-19-4-2-3-5-21(19)16-22)34-27(26)24-12-13-29(30,31)17-25(24)28(36)33-15-14-32/h2-11,16,18,24-25H,12-13,15,17H2,1H3,(H,33,36)/t24-,25-/m0/s1. The molecule has 4 aromatic rings. The van der Waals surface area contributed by atoms with E-state index in [0.29, 0.717) is 16.8 Å². The van der Waals surface area contributed by atoms with Crippen molar-refractivity contribution >= 4 is 26.5 Å². The number of fused-ring (bicyclic) bond motifs is 1. The zero-order valence-electron chi connectivity index (χ0n) is 21.1. The highest BCUT2D eigenvalue weighted by Crippen LogP contribution is 2.47. The van der Waals surface area contributed by atoms with Gasteiger partial charge in [-0.25, -0.2) is 21.9 Å². The Labute approximate surface area is 225 Å². The molecule has 1 aromatic heterocycles. The minimum absolute atomic E-state index is 0.0286. The second-order valence-corrected chi connectivity index (χ2v) is 11.9. The smallest absolute Gasteiger partial charge is 0.249 e. The van der Waals surface area contributed by atoms with Crippen LogP contribution in [0.15, 0.2) is 77.8 Å². The molecule has 0 aliphatic heterocycles. The van der Waals surface area contributed by atoms with Crippen LogP contribution in [0.3, 0.4) is 0 Å². The van der Waals surface area contributed by atoms with Crippen molar-refractivity contribution < 1.29 is 22.0 Å². The highest BCUT2D eigenvalue weighted by molar-refractivity contribution is 7.90. The molecular weight excluding hydrogens is 522 g/mol. The third-order valence-corrected chi connectivity index (χ3v) is 8.32. The van der Waals surface area contributed by atoms with Crippen LogP contribution in [0, 0.1) is 17.2 Å². The van der Waals surface area contributed by atoms with Crippen molar-refractivity contribution in [1.82, 2.24) is 15.1 Å². The summed E-state index contributed by atoms with van der Waals surface area (Å²) in [4.78, 5) is 13.1. The molecule has 1 saturated carbocycles. The van der Waals surface area contributed by atoms with E-state index in [-0.39, 0.29) is 17.9 Å². The first kappa shape index (κ1) is 26.5. The largest absolute Gasteiger partial charge is 0.343 e. The van der Waals surface area contributed by atoms with Gasteiger partial charge in [-0.05, 0) is 47.0 Å². The SMILES string of the molecule is CS(=O)(=O)c1ccc(-c2cn(-c3ccc4ccccc4c3)nc2[C@H]2CCC(F)(F)C[C@@H]2C(=O)NCC#N)cc1. The van der Waals surface area contributed by atoms with Crippen LogP contribution in [0.1, 0.15) is 30.9 Å². The van der Waals surface area contributed by atoms with Gasteiger partial charge in [0.05, 0.1) is 28.3 Å². The normalized spacial score (nSPS) is 18.9. The zero-order valence-corrected chi connectivity index (χ0v) is 22.0. The number of carbonyl (C=O) groups is 1. The quantitative estimate of drug-likeness (QED) is 0.331. The molecule has 1 aliphatic rings. The van der Waals surface area contributed by atoms with Crippen LogP contribution >= 0.6 is 0 Å². The van der Waals surface area contributed by atoms with Crippen molar-refractivity contribution in [3.8, 4) is 22.9 Å². The third-order valence-electron chi connectivity index (χ3n) is 7.19. The van der Waals surface area contributed by atoms with Gasteiger partial charge in [0.2, 0.25) is 11.8 Å². The van der Waals surface area contributed by atoms with Crippen LogP contribution in [-0.4, -0.2) is 42.8 Å². The van der Waals surface area contributed by atoms with Crippen LogP contribution in [-0.2, 0) is 14.6 Å². The van der Waals surface area contributed by atoms with E-state index in [2.05, 4.69) is 5.32 Å². The Hall–Kier alpha value is -4.10. The summed E-state index contributed by atoms with van der Waals surface area (Å²) in [5, 5.41) is 18.2. The number of carbonyl (C=O) groups excluding carboxylic acids is 1. The van der Waals surface area contributed by atoms with Gasteiger partial charge < -0.3 is 5.32 Å². The lowest BCUT2D eigenvalue weighted by Crippen LogP contribution is -2.41. The van der Waals surface area contributed by atoms with Crippen molar-refractivity contribution in [1.29, 1.82) is 5.26 Å². The van der Waals surface area contributed by atoms with Gasteiger partial charge in [-0.1, -0.05) is 42.5 Å². The predicted molar refractivity (Wildman–Crippen MR) is 143 cm³/mol. The number of sulfone groups is 1. The van der Waals surface area contributed by atoms with Gasteiger partial charge in [-0.15, -0.1) is 0 Å². The molecule has 0 unspecified atom stereocenters. The Morgan fingerprint density at radius 1 is 1.13 bits per heavy atom. The van der Waals surface area contributed by atoms with Crippen LogP contribution in [0.4, 0.5) is 8.78 Å². The number of aromatic nitrogens is 2. The molecule has 1 heterocycles. The van der Waals surface area contributed by atoms with Crippen LogP contribution in [0.25, 0.3) is 27.6 Å². The molecule has 1 aliphatic carbocycles. The number of nitriles is 1. The Balaban J connectivity index is 1.64. The molecule has 5 rings (SSSR count). The van der Waals surface area contributed by atoms with Crippen molar-refractivity contribution in [2.45, 2.75) is 36.0 Å². The number of rotatable bonds is 6. The molecule has 1 fully saturated rings. The molecule has 0 saturated heterocycles. The maximum Gasteiger partial charge on any atom is 0.249 e. The molecule has 0 radical (unpaired) electrons. The van der Waals surface area contributed by atoms with E-state index in [9.17, 15) is 22.0 Å². The van der Waals surface area contributed by atoms with Gasteiger partial charge in [0.1, 0.15) is 6.54 Å². The minimum Gasteiger partial charge on any atom is -0.343 e. The molecule has 200 valence electrons. The van der Waals surface area contributed by atoms with Gasteiger partial charge in [0.25, 0.3) is 0 Å².